The predicted octanol–water partition coefficient (Wildman–Crippen LogP) is 3.97. The Labute approximate surface area is 129 Å². The molecule has 0 saturated carbocycles. The van der Waals surface area contributed by atoms with E-state index >= 15 is 0 Å². The molecule has 0 amide bonds. The van der Waals surface area contributed by atoms with E-state index in [1.165, 1.54) is 35.3 Å². The average Bonchev–Trinajstić information content (AvgIpc) is 2.75. The molecule has 0 spiro atoms. The van der Waals surface area contributed by atoms with Crippen LogP contribution in [-0.2, 0) is 6.54 Å². The van der Waals surface area contributed by atoms with Crippen molar-refractivity contribution in [3.63, 3.8) is 0 Å². The van der Waals surface area contributed by atoms with Gasteiger partial charge in [-0.25, -0.2) is 0 Å². The van der Waals surface area contributed by atoms with Crippen LogP contribution in [0.15, 0.2) is 15.9 Å². The van der Waals surface area contributed by atoms with Crippen LogP contribution in [0.4, 0.5) is 0 Å². The molecule has 108 valence electrons. The lowest BCUT2D eigenvalue weighted by Crippen LogP contribution is -2.43. The minimum atomic E-state index is 0.386. The van der Waals surface area contributed by atoms with Gasteiger partial charge in [-0.1, -0.05) is 13.8 Å². The van der Waals surface area contributed by atoms with E-state index in [1.807, 2.05) is 11.3 Å². The normalized spacial score (nSPS) is 21.0. The number of piperidine rings is 1. The molecule has 4 heteroatoms. The molecule has 1 atom stereocenters. The molecule has 2 rings (SSSR count). The zero-order chi connectivity index (χ0) is 13.9. The van der Waals surface area contributed by atoms with Crippen LogP contribution in [0.1, 0.15) is 31.6 Å². The van der Waals surface area contributed by atoms with Gasteiger partial charge in [0.2, 0.25) is 0 Å². The summed E-state index contributed by atoms with van der Waals surface area (Å²) in [5.74, 6) is 0.804. The van der Waals surface area contributed by atoms with E-state index in [4.69, 9.17) is 0 Å². The Kier molecular flexibility index (Phi) is 5.46. The van der Waals surface area contributed by atoms with Crippen LogP contribution in [0.3, 0.4) is 0 Å². The van der Waals surface area contributed by atoms with Gasteiger partial charge in [0, 0.05) is 27.8 Å². The predicted molar refractivity (Wildman–Crippen MR) is 87.7 cm³/mol. The Hall–Kier alpha value is 0.1000. The maximum absolute atomic E-state index is 3.54. The van der Waals surface area contributed by atoms with Gasteiger partial charge in [-0.3, -0.25) is 0 Å². The molecule has 1 aromatic heterocycles. The molecular formula is C15H25BrN2S. The van der Waals surface area contributed by atoms with Crippen LogP contribution in [0.5, 0.6) is 0 Å². The van der Waals surface area contributed by atoms with E-state index in [1.54, 1.807) is 0 Å². The molecule has 1 aromatic rings. The molecule has 0 bridgehead atoms. The number of halogens is 1. The fourth-order valence-corrected chi connectivity index (χ4v) is 4.63. The van der Waals surface area contributed by atoms with Crippen molar-refractivity contribution in [2.75, 3.05) is 26.7 Å². The lowest BCUT2D eigenvalue weighted by atomic mass is 9.74. The Morgan fingerprint density at radius 2 is 2.32 bits per heavy atom. The molecule has 0 aliphatic carbocycles. The fourth-order valence-electron chi connectivity index (χ4n) is 3.10. The van der Waals surface area contributed by atoms with Crippen LogP contribution in [0, 0.1) is 11.3 Å². The van der Waals surface area contributed by atoms with Crippen LogP contribution in [0.25, 0.3) is 0 Å². The molecule has 0 aromatic carbocycles. The standard InChI is InChI=1S/C15H25BrN2S/c1-15(2,12-5-4-6-17-8-12)11-18(3)9-14-7-13(16)10-19-14/h7,10,12,17H,4-6,8-9,11H2,1-3H3. The number of hydrogen-bond acceptors (Lipinski definition) is 3. The molecule has 1 aliphatic rings. The average molecular weight is 345 g/mol. The molecule has 1 saturated heterocycles. The second kappa shape index (κ2) is 6.70. The number of hydrogen-bond donors (Lipinski definition) is 1. The Morgan fingerprint density at radius 3 is 2.89 bits per heavy atom. The first kappa shape index (κ1) is 15.5. The van der Waals surface area contributed by atoms with Crippen molar-refractivity contribution in [1.29, 1.82) is 0 Å². The topological polar surface area (TPSA) is 15.3 Å². The molecule has 19 heavy (non-hydrogen) atoms. The van der Waals surface area contributed by atoms with E-state index in [9.17, 15) is 0 Å². The second-order valence-corrected chi connectivity index (χ2v) is 8.35. The van der Waals surface area contributed by atoms with E-state index in [2.05, 4.69) is 58.5 Å². The van der Waals surface area contributed by atoms with E-state index in [0.29, 0.717) is 5.41 Å². The summed E-state index contributed by atoms with van der Waals surface area (Å²) in [5.41, 5.74) is 0.386. The third-order valence-electron chi connectivity index (χ3n) is 4.13. The van der Waals surface area contributed by atoms with Gasteiger partial charge < -0.3 is 10.2 Å². The molecule has 1 aliphatic heterocycles. The van der Waals surface area contributed by atoms with Crippen molar-refractivity contribution in [3.05, 3.63) is 20.8 Å². The first-order chi connectivity index (χ1) is 8.97. The minimum Gasteiger partial charge on any atom is -0.316 e. The van der Waals surface area contributed by atoms with Crippen molar-refractivity contribution in [2.24, 2.45) is 11.3 Å². The van der Waals surface area contributed by atoms with Gasteiger partial charge >= 0.3 is 0 Å². The molecular weight excluding hydrogens is 320 g/mol. The highest BCUT2D eigenvalue weighted by atomic mass is 79.9. The first-order valence-electron chi connectivity index (χ1n) is 7.09. The van der Waals surface area contributed by atoms with Crippen LogP contribution in [-0.4, -0.2) is 31.6 Å². The largest absolute Gasteiger partial charge is 0.316 e. The summed E-state index contributed by atoms with van der Waals surface area (Å²) in [6.45, 7) is 9.45. The molecule has 2 nitrogen and oxygen atoms in total. The number of rotatable bonds is 5. The van der Waals surface area contributed by atoms with E-state index in [-0.39, 0.29) is 0 Å². The molecule has 0 radical (unpaired) electrons. The lowest BCUT2D eigenvalue weighted by molar-refractivity contribution is 0.112. The Balaban J connectivity index is 1.87. The molecule has 1 fully saturated rings. The van der Waals surface area contributed by atoms with Crippen molar-refractivity contribution in [3.8, 4) is 0 Å². The van der Waals surface area contributed by atoms with Gasteiger partial charge in [0.15, 0.2) is 0 Å². The van der Waals surface area contributed by atoms with Gasteiger partial charge in [-0.2, -0.15) is 0 Å². The first-order valence-corrected chi connectivity index (χ1v) is 8.77. The third kappa shape index (κ3) is 4.55. The number of nitrogens with one attached hydrogen (secondary N) is 1. The van der Waals surface area contributed by atoms with Crippen LogP contribution in [0.2, 0.25) is 0 Å². The zero-order valence-corrected chi connectivity index (χ0v) is 14.6. The highest BCUT2D eigenvalue weighted by molar-refractivity contribution is 9.10. The van der Waals surface area contributed by atoms with Gasteiger partial charge in [0.25, 0.3) is 0 Å². The number of nitrogens with zero attached hydrogens (tertiary/aromatic N) is 1. The highest BCUT2D eigenvalue weighted by Gasteiger charge is 2.31. The summed E-state index contributed by atoms with van der Waals surface area (Å²) in [7, 11) is 2.24. The van der Waals surface area contributed by atoms with Gasteiger partial charge in [-0.05, 0) is 66.3 Å². The summed E-state index contributed by atoms with van der Waals surface area (Å²) in [4.78, 5) is 3.90. The van der Waals surface area contributed by atoms with Crippen molar-refractivity contribution in [2.45, 2.75) is 33.2 Å². The fraction of sp³-hybridized carbons (Fsp3) is 0.733. The zero-order valence-electron chi connectivity index (χ0n) is 12.2. The maximum atomic E-state index is 3.54. The smallest absolute Gasteiger partial charge is 0.0325 e. The van der Waals surface area contributed by atoms with Crippen LogP contribution >= 0.6 is 27.3 Å². The summed E-state index contributed by atoms with van der Waals surface area (Å²) in [6, 6.07) is 2.23. The third-order valence-corrected chi connectivity index (χ3v) is 5.81. The monoisotopic (exact) mass is 344 g/mol. The second-order valence-electron chi connectivity index (χ2n) is 6.44. The van der Waals surface area contributed by atoms with Crippen molar-refractivity contribution < 1.29 is 0 Å². The van der Waals surface area contributed by atoms with Crippen molar-refractivity contribution in [1.82, 2.24) is 10.2 Å². The Bertz CT molecular complexity index is 397. The van der Waals surface area contributed by atoms with Gasteiger partial charge in [0.05, 0.1) is 0 Å². The summed E-state index contributed by atoms with van der Waals surface area (Å²) >= 11 is 5.37. The maximum Gasteiger partial charge on any atom is 0.0325 e. The summed E-state index contributed by atoms with van der Waals surface area (Å²) in [6.07, 6.45) is 2.70. The highest BCUT2D eigenvalue weighted by Crippen LogP contribution is 2.33. The quantitative estimate of drug-likeness (QED) is 0.869. The SMILES string of the molecule is CN(Cc1cc(Br)cs1)CC(C)(C)C1CCCNC1. The summed E-state index contributed by atoms with van der Waals surface area (Å²) < 4.78 is 1.21. The van der Waals surface area contributed by atoms with E-state index < -0.39 is 0 Å². The minimum absolute atomic E-state index is 0.386. The Morgan fingerprint density at radius 1 is 1.53 bits per heavy atom. The molecule has 2 heterocycles. The molecule has 1 N–H and O–H groups in total. The van der Waals surface area contributed by atoms with Gasteiger partial charge in [-0.15, -0.1) is 11.3 Å². The lowest BCUT2D eigenvalue weighted by Gasteiger charge is -2.39. The number of thiophene rings is 1. The van der Waals surface area contributed by atoms with Gasteiger partial charge in [0.1, 0.15) is 0 Å². The molecule has 1 unspecified atom stereocenters. The van der Waals surface area contributed by atoms with E-state index in [0.717, 1.165) is 19.0 Å². The van der Waals surface area contributed by atoms with Crippen molar-refractivity contribution >= 4 is 27.3 Å². The summed E-state index contributed by atoms with van der Waals surface area (Å²) in [5, 5.41) is 5.71. The van der Waals surface area contributed by atoms with Crippen LogP contribution < -0.4 is 5.32 Å².